The van der Waals surface area contributed by atoms with E-state index in [0.29, 0.717) is 18.0 Å². The third kappa shape index (κ3) is 5.54. The van der Waals surface area contributed by atoms with E-state index < -0.39 is 0 Å². The lowest BCUT2D eigenvalue weighted by Crippen LogP contribution is -2.49. The first kappa shape index (κ1) is 24.7. The van der Waals surface area contributed by atoms with Crippen molar-refractivity contribution in [3.63, 3.8) is 0 Å². The van der Waals surface area contributed by atoms with E-state index in [2.05, 4.69) is 72.2 Å². The summed E-state index contributed by atoms with van der Waals surface area (Å²) in [6.45, 7) is 9.15. The van der Waals surface area contributed by atoms with Gasteiger partial charge in [0.05, 0.1) is 18.3 Å². The van der Waals surface area contributed by atoms with Crippen LogP contribution < -0.4 is 0 Å². The number of hydrogen-bond donors (Lipinski definition) is 0. The molecule has 186 valence electrons. The third-order valence-corrected chi connectivity index (χ3v) is 7.55. The number of hydrazone groups is 1. The normalized spacial score (nSPS) is 18.9. The lowest BCUT2D eigenvalue weighted by molar-refractivity contribution is -0.134. The minimum absolute atomic E-state index is 0.0248. The maximum absolute atomic E-state index is 13.6. The van der Waals surface area contributed by atoms with Gasteiger partial charge in [-0.25, -0.2) is 5.01 Å². The van der Waals surface area contributed by atoms with Crippen molar-refractivity contribution in [2.24, 2.45) is 5.10 Å². The van der Waals surface area contributed by atoms with Crippen molar-refractivity contribution in [1.29, 1.82) is 0 Å². The minimum atomic E-state index is -0.194. The Hall–Kier alpha value is -2.99. The van der Waals surface area contributed by atoms with E-state index in [0.717, 1.165) is 49.6 Å². The van der Waals surface area contributed by atoms with Crippen molar-refractivity contribution >= 4 is 23.2 Å². The Balaban J connectivity index is 1.30. The van der Waals surface area contributed by atoms with Crippen molar-refractivity contribution in [3.8, 4) is 0 Å². The van der Waals surface area contributed by atoms with Gasteiger partial charge in [0.25, 0.3) is 5.91 Å². The highest BCUT2D eigenvalue weighted by Crippen LogP contribution is 2.37. The van der Waals surface area contributed by atoms with E-state index in [1.807, 2.05) is 24.3 Å². The molecule has 2 heterocycles. The smallest absolute Gasteiger partial charge is 0.257 e. The number of halogens is 1. The molecule has 0 spiro atoms. The fourth-order valence-corrected chi connectivity index (χ4v) is 5.41. The maximum atomic E-state index is 13.6. The summed E-state index contributed by atoms with van der Waals surface area (Å²) in [6, 6.07) is 24.6. The number of nitrogens with zero attached hydrogens (tertiary/aromatic N) is 4. The summed E-state index contributed by atoms with van der Waals surface area (Å²) in [5.74, 6) is 0.0248. The van der Waals surface area contributed by atoms with Crippen molar-refractivity contribution in [1.82, 2.24) is 14.8 Å². The number of rotatable bonds is 6. The second kappa shape index (κ2) is 11.0. The van der Waals surface area contributed by atoms with Gasteiger partial charge in [0.1, 0.15) is 0 Å². The van der Waals surface area contributed by atoms with Crippen LogP contribution in [0.4, 0.5) is 0 Å². The maximum Gasteiger partial charge on any atom is 0.257 e. The Labute approximate surface area is 219 Å². The summed E-state index contributed by atoms with van der Waals surface area (Å²) >= 11 is 6.59. The van der Waals surface area contributed by atoms with Gasteiger partial charge in [-0.05, 0) is 42.7 Å². The SMILES string of the molecule is Cc1ccc(C)c(C2=NN(C(=O)CN3CCN(Cc4ccccc4)CC3)C(c3ccccc3Cl)C2)c1. The third-order valence-electron chi connectivity index (χ3n) is 7.21. The lowest BCUT2D eigenvalue weighted by Gasteiger charge is -2.35. The van der Waals surface area contributed by atoms with Crippen LogP contribution in [0.3, 0.4) is 0 Å². The van der Waals surface area contributed by atoms with E-state index in [9.17, 15) is 4.79 Å². The first-order valence-corrected chi connectivity index (χ1v) is 13.1. The number of carbonyl (C=O) groups excluding carboxylic acids is 1. The molecule has 0 saturated carbocycles. The number of carbonyl (C=O) groups is 1. The molecule has 36 heavy (non-hydrogen) atoms. The van der Waals surface area contributed by atoms with Crippen LogP contribution in [-0.2, 0) is 11.3 Å². The van der Waals surface area contributed by atoms with Gasteiger partial charge in [-0.2, -0.15) is 5.10 Å². The molecule has 1 fully saturated rings. The van der Waals surface area contributed by atoms with E-state index in [-0.39, 0.29) is 11.9 Å². The van der Waals surface area contributed by atoms with Crippen LogP contribution >= 0.6 is 11.6 Å². The predicted molar refractivity (Wildman–Crippen MR) is 146 cm³/mol. The average Bonchev–Trinajstić information content (AvgIpc) is 3.33. The van der Waals surface area contributed by atoms with E-state index in [1.54, 1.807) is 5.01 Å². The molecule has 5 rings (SSSR count). The molecule has 0 N–H and O–H groups in total. The van der Waals surface area contributed by atoms with Gasteiger partial charge in [0.15, 0.2) is 0 Å². The minimum Gasteiger partial charge on any atom is -0.297 e. The molecule has 1 unspecified atom stereocenters. The van der Waals surface area contributed by atoms with Crippen LogP contribution in [0, 0.1) is 13.8 Å². The molecular formula is C30H33ClN4O. The summed E-state index contributed by atoms with van der Waals surface area (Å²) in [5.41, 5.74) is 6.69. The summed E-state index contributed by atoms with van der Waals surface area (Å²) < 4.78 is 0. The molecule has 0 radical (unpaired) electrons. The topological polar surface area (TPSA) is 39.2 Å². The van der Waals surface area contributed by atoms with Gasteiger partial charge in [-0.3, -0.25) is 14.6 Å². The van der Waals surface area contributed by atoms with Crippen LogP contribution in [0.5, 0.6) is 0 Å². The highest BCUT2D eigenvalue weighted by molar-refractivity contribution is 6.31. The van der Waals surface area contributed by atoms with Gasteiger partial charge in [0.2, 0.25) is 0 Å². The Morgan fingerprint density at radius 2 is 1.61 bits per heavy atom. The Kier molecular flexibility index (Phi) is 7.51. The molecule has 2 aliphatic heterocycles. The molecule has 3 aromatic rings. The van der Waals surface area contributed by atoms with E-state index in [4.69, 9.17) is 16.7 Å². The number of aryl methyl sites for hydroxylation is 2. The quantitative estimate of drug-likeness (QED) is 0.451. The van der Waals surface area contributed by atoms with Crippen molar-refractivity contribution < 1.29 is 4.79 Å². The van der Waals surface area contributed by atoms with Gasteiger partial charge in [-0.15, -0.1) is 0 Å². The molecule has 1 atom stereocenters. The Morgan fingerprint density at radius 1 is 0.917 bits per heavy atom. The molecule has 6 heteroatoms. The van der Waals surface area contributed by atoms with E-state index >= 15 is 0 Å². The number of amides is 1. The zero-order valence-corrected chi connectivity index (χ0v) is 21.8. The fraction of sp³-hybridized carbons (Fsp3) is 0.333. The molecule has 0 aromatic heterocycles. The van der Waals surface area contributed by atoms with Crippen LogP contribution in [-0.4, -0.2) is 59.2 Å². The van der Waals surface area contributed by atoms with Crippen LogP contribution in [0.1, 0.15) is 40.3 Å². The van der Waals surface area contributed by atoms with Crippen molar-refractivity contribution in [2.75, 3.05) is 32.7 Å². The van der Waals surface area contributed by atoms with E-state index in [1.165, 1.54) is 16.7 Å². The van der Waals surface area contributed by atoms with Crippen LogP contribution in [0.2, 0.25) is 5.02 Å². The van der Waals surface area contributed by atoms with Crippen LogP contribution in [0.15, 0.2) is 77.9 Å². The standard InChI is InChI=1S/C30H33ClN4O/c1-22-12-13-23(2)26(18-22)28-19-29(25-10-6-7-11-27(25)31)35(32-28)30(36)21-34-16-14-33(15-17-34)20-24-8-4-3-5-9-24/h3-13,18,29H,14-17,19-21H2,1-2H3. The highest BCUT2D eigenvalue weighted by Gasteiger charge is 2.35. The predicted octanol–water partition coefficient (Wildman–Crippen LogP) is 5.45. The van der Waals surface area contributed by atoms with Crippen molar-refractivity contribution in [3.05, 3.63) is 106 Å². The number of benzene rings is 3. The molecule has 1 saturated heterocycles. The molecule has 1 amide bonds. The number of piperazine rings is 1. The van der Waals surface area contributed by atoms with Gasteiger partial charge < -0.3 is 0 Å². The molecule has 5 nitrogen and oxygen atoms in total. The highest BCUT2D eigenvalue weighted by atomic mass is 35.5. The van der Waals surface area contributed by atoms with Gasteiger partial charge in [-0.1, -0.05) is 77.8 Å². The Bertz CT molecular complexity index is 1250. The first-order valence-electron chi connectivity index (χ1n) is 12.7. The summed E-state index contributed by atoms with van der Waals surface area (Å²) in [4.78, 5) is 18.3. The van der Waals surface area contributed by atoms with Crippen LogP contribution in [0.25, 0.3) is 0 Å². The van der Waals surface area contributed by atoms with Gasteiger partial charge in [0, 0.05) is 49.7 Å². The zero-order chi connectivity index (χ0) is 25.1. The fourth-order valence-electron chi connectivity index (χ4n) is 5.15. The second-order valence-corrected chi connectivity index (χ2v) is 10.3. The number of hydrogen-bond acceptors (Lipinski definition) is 4. The largest absolute Gasteiger partial charge is 0.297 e. The summed E-state index contributed by atoms with van der Waals surface area (Å²) in [5, 5.41) is 7.26. The Morgan fingerprint density at radius 3 is 2.36 bits per heavy atom. The monoisotopic (exact) mass is 500 g/mol. The average molecular weight is 501 g/mol. The zero-order valence-electron chi connectivity index (χ0n) is 21.0. The van der Waals surface area contributed by atoms with Crippen molar-refractivity contribution in [2.45, 2.75) is 32.9 Å². The first-order chi connectivity index (χ1) is 17.5. The molecule has 0 bridgehead atoms. The molecular weight excluding hydrogens is 468 g/mol. The van der Waals surface area contributed by atoms with Gasteiger partial charge >= 0.3 is 0 Å². The molecule has 0 aliphatic carbocycles. The molecule has 3 aromatic carbocycles. The summed E-state index contributed by atoms with van der Waals surface area (Å²) in [6.07, 6.45) is 0.657. The summed E-state index contributed by atoms with van der Waals surface area (Å²) in [7, 11) is 0. The second-order valence-electron chi connectivity index (χ2n) is 9.88. The lowest BCUT2D eigenvalue weighted by atomic mass is 9.95. The molecule has 2 aliphatic rings.